The van der Waals surface area contributed by atoms with E-state index in [2.05, 4.69) is 10.6 Å². The topological polar surface area (TPSA) is 107 Å². The fourth-order valence-corrected chi connectivity index (χ4v) is 7.01. The lowest BCUT2D eigenvalue weighted by Crippen LogP contribution is -2.31. The molecule has 0 radical (unpaired) electrons. The van der Waals surface area contributed by atoms with Gasteiger partial charge in [-0.25, -0.2) is 4.79 Å². The SMILES string of the molecule is O=C(CCCC[C@@H]1CCSS1)NCCOCCNC(=O)Oc1ccc2oc(-c3ccccc3)cc(=O)c2c1. The van der Waals surface area contributed by atoms with Crippen LogP contribution >= 0.6 is 21.6 Å². The van der Waals surface area contributed by atoms with Crippen LogP contribution in [0.1, 0.15) is 32.1 Å². The summed E-state index contributed by atoms with van der Waals surface area (Å²) in [6.45, 7) is 1.33. The molecule has 10 heteroatoms. The van der Waals surface area contributed by atoms with Gasteiger partial charge in [0, 0.05) is 42.1 Å². The summed E-state index contributed by atoms with van der Waals surface area (Å²) in [6.07, 6.45) is 4.37. The highest BCUT2D eigenvalue weighted by molar-refractivity contribution is 8.77. The molecule has 1 aliphatic heterocycles. The van der Waals surface area contributed by atoms with Crippen LogP contribution < -0.4 is 20.8 Å². The highest BCUT2D eigenvalue weighted by Gasteiger charge is 2.16. The van der Waals surface area contributed by atoms with E-state index in [1.807, 2.05) is 51.9 Å². The molecular weight excluding hydrogens is 524 g/mol. The molecule has 1 aliphatic rings. The van der Waals surface area contributed by atoms with Crippen molar-refractivity contribution in [1.82, 2.24) is 10.6 Å². The minimum Gasteiger partial charge on any atom is -0.456 e. The molecule has 2 heterocycles. The molecule has 2 aromatic carbocycles. The second-order valence-corrected chi connectivity index (χ2v) is 11.6. The molecule has 3 aromatic rings. The van der Waals surface area contributed by atoms with E-state index in [9.17, 15) is 14.4 Å². The third kappa shape index (κ3) is 8.82. The van der Waals surface area contributed by atoms with Crippen molar-refractivity contribution in [3.63, 3.8) is 0 Å². The third-order valence-electron chi connectivity index (χ3n) is 5.96. The molecule has 1 fully saturated rings. The predicted molar refractivity (Wildman–Crippen MR) is 153 cm³/mol. The summed E-state index contributed by atoms with van der Waals surface area (Å²) in [5.74, 6) is 2.00. The van der Waals surface area contributed by atoms with Crippen LogP contribution in [0.5, 0.6) is 5.75 Å². The lowest BCUT2D eigenvalue weighted by Gasteiger charge is -2.09. The summed E-state index contributed by atoms with van der Waals surface area (Å²) in [5, 5.41) is 6.54. The van der Waals surface area contributed by atoms with Crippen molar-refractivity contribution < 1.29 is 23.5 Å². The quantitative estimate of drug-likeness (QED) is 0.213. The standard InChI is InChI=1S/C28H32N2O6S2/c31-24-19-26(20-6-2-1-3-7-20)36-25-11-10-21(18-23(24)25)35-28(33)30-14-16-34-15-13-29-27(32)9-5-4-8-22-12-17-37-38-22/h1-3,6-7,10-11,18-19,22H,4-5,8-9,12-17H2,(H,29,32)(H,30,33)/t22-/m1/s1. The summed E-state index contributed by atoms with van der Waals surface area (Å²) in [7, 11) is 3.93. The van der Waals surface area contributed by atoms with Crippen LogP contribution in [0.25, 0.3) is 22.3 Å². The highest BCUT2D eigenvalue weighted by atomic mass is 33.1. The van der Waals surface area contributed by atoms with Crippen LogP contribution in [0.15, 0.2) is 63.8 Å². The molecule has 202 valence electrons. The second-order valence-electron chi connectivity index (χ2n) is 8.85. The minimum absolute atomic E-state index is 0.0458. The summed E-state index contributed by atoms with van der Waals surface area (Å²) >= 11 is 0. The Morgan fingerprint density at radius 1 is 1.00 bits per heavy atom. The first-order valence-electron chi connectivity index (χ1n) is 12.8. The van der Waals surface area contributed by atoms with Crippen molar-refractivity contribution in [2.75, 3.05) is 32.1 Å². The predicted octanol–water partition coefficient (Wildman–Crippen LogP) is 5.40. The molecular formula is C28H32N2O6S2. The van der Waals surface area contributed by atoms with Gasteiger partial charge in [-0.2, -0.15) is 0 Å². The number of fused-ring (bicyclic) bond motifs is 1. The van der Waals surface area contributed by atoms with E-state index in [1.54, 1.807) is 12.1 Å². The van der Waals surface area contributed by atoms with Gasteiger partial charge >= 0.3 is 6.09 Å². The first-order chi connectivity index (χ1) is 18.6. The van der Waals surface area contributed by atoms with Crippen LogP contribution in [0, 0.1) is 0 Å². The van der Waals surface area contributed by atoms with Crippen LogP contribution in [-0.4, -0.2) is 49.3 Å². The first-order valence-corrected chi connectivity index (χ1v) is 15.2. The fraction of sp³-hybridized carbons (Fsp3) is 0.393. The monoisotopic (exact) mass is 556 g/mol. The Balaban J connectivity index is 1.09. The summed E-state index contributed by atoms with van der Waals surface area (Å²) < 4.78 is 16.6. The van der Waals surface area contributed by atoms with E-state index in [4.69, 9.17) is 13.9 Å². The number of rotatable bonds is 13. The van der Waals surface area contributed by atoms with Gasteiger partial charge in [0.05, 0.1) is 18.6 Å². The van der Waals surface area contributed by atoms with Crippen molar-refractivity contribution in [3.05, 3.63) is 64.8 Å². The molecule has 1 saturated heterocycles. The number of nitrogens with one attached hydrogen (secondary N) is 2. The van der Waals surface area contributed by atoms with Crippen molar-refractivity contribution >= 4 is 44.6 Å². The van der Waals surface area contributed by atoms with Crippen molar-refractivity contribution in [3.8, 4) is 17.1 Å². The van der Waals surface area contributed by atoms with Crippen LogP contribution in [-0.2, 0) is 9.53 Å². The maximum Gasteiger partial charge on any atom is 0.412 e. The number of carbonyl (C=O) groups excluding carboxylic acids is 2. The number of ether oxygens (including phenoxy) is 2. The molecule has 2 amide bonds. The van der Waals surface area contributed by atoms with E-state index in [0.29, 0.717) is 36.3 Å². The van der Waals surface area contributed by atoms with E-state index >= 15 is 0 Å². The van der Waals surface area contributed by atoms with Gasteiger partial charge in [-0.3, -0.25) is 9.59 Å². The van der Waals surface area contributed by atoms with E-state index < -0.39 is 6.09 Å². The molecule has 4 rings (SSSR count). The molecule has 0 unspecified atom stereocenters. The smallest absolute Gasteiger partial charge is 0.412 e. The maximum absolute atomic E-state index is 12.6. The Kier molecular flexibility index (Phi) is 11.0. The molecule has 0 bridgehead atoms. The zero-order chi connectivity index (χ0) is 26.6. The van der Waals surface area contributed by atoms with E-state index in [0.717, 1.165) is 23.7 Å². The van der Waals surface area contributed by atoms with E-state index in [-0.39, 0.29) is 30.2 Å². The van der Waals surface area contributed by atoms with Crippen LogP contribution in [0.3, 0.4) is 0 Å². The average molecular weight is 557 g/mol. The maximum atomic E-state index is 12.6. The third-order valence-corrected chi connectivity index (χ3v) is 8.97. The van der Waals surface area contributed by atoms with Gasteiger partial charge in [-0.15, -0.1) is 0 Å². The Labute approximate surface area is 229 Å². The fourth-order valence-electron chi connectivity index (χ4n) is 3.99. The number of hydrogen-bond acceptors (Lipinski definition) is 8. The van der Waals surface area contributed by atoms with Gasteiger partial charge in [0.25, 0.3) is 0 Å². The van der Waals surface area contributed by atoms with Crippen molar-refractivity contribution in [2.45, 2.75) is 37.4 Å². The largest absolute Gasteiger partial charge is 0.456 e. The van der Waals surface area contributed by atoms with Crippen LogP contribution in [0.4, 0.5) is 4.79 Å². The zero-order valence-corrected chi connectivity index (χ0v) is 22.7. The number of carbonyl (C=O) groups is 2. The van der Waals surface area contributed by atoms with Gasteiger partial charge in [-0.05, 0) is 37.5 Å². The molecule has 1 atom stereocenters. The number of amides is 2. The molecule has 2 N–H and O–H groups in total. The normalized spacial score (nSPS) is 14.9. The average Bonchev–Trinajstić information content (AvgIpc) is 3.45. The summed E-state index contributed by atoms with van der Waals surface area (Å²) in [4.78, 5) is 36.6. The Hall–Kier alpha value is -2.95. The van der Waals surface area contributed by atoms with Gasteiger partial charge < -0.3 is 24.5 Å². The first kappa shape index (κ1) is 28.1. The number of unbranched alkanes of at least 4 members (excludes halogenated alkanes) is 1. The molecule has 0 spiro atoms. The van der Waals surface area contributed by atoms with Crippen molar-refractivity contribution in [1.29, 1.82) is 0 Å². The molecule has 0 aliphatic carbocycles. The molecule has 0 saturated carbocycles. The summed E-state index contributed by atoms with van der Waals surface area (Å²) in [6, 6.07) is 15.5. The van der Waals surface area contributed by atoms with Gasteiger partial charge in [0.15, 0.2) is 5.43 Å². The summed E-state index contributed by atoms with van der Waals surface area (Å²) in [5.41, 5.74) is 0.991. The van der Waals surface area contributed by atoms with Gasteiger partial charge in [0.2, 0.25) is 5.91 Å². The van der Waals surface area contributed by atoms with E-state index in [1.165, 1.54) is 30.7 Å². The second kappa shape index (κ2) is 14.8. The van der Waals surface area contributed by atoms with Crippen LogP contribution in [0.2, 0.25) is 0 Å². The number of benzene rings is 2. The minimum atomic E-state index is -0.652. The van der Waals surface area contributed by atoms with Crippen molar-refractivity contribution in [2.24, 2.45) is 0 Å². The van der Waals surface area contributed by atoms with Gasteiger partial charge in [0.1, 0.15) is 17.1 Å². The Morgan fingerprint density at radius 3 is 2.61 bits per heavy atom. The van der Waals surface area contributed by atoms with Gasteiger partial charge in [-0.1, -0.05) is 58.3 Å². The molecule has 38 heavy (non-hydrogen) atoms. The lowest BCUT2D eigenvalue weighted by atomic mass is 10.1. The molecule has 1 aromatic heterocycles. The Morgan fingerprint density at radius 2 is 1.82 bits per heavy atom. The number of hydrogen-bond donors (Lipinski definition) is 2. The zero-order valence-electron chi connectivity index (χ0n) is 21.1. The molecule has 8 nitrogen and oxygen atoms in total. The highest BCUT2D eigenvalue weighted by Crippen LogP contribution is 2.39. The lowest BCUT2D eigenvalue weighted by molar-refractivity contribution is -0.121. The Bertz CT molecular complexity index is 1260.